The standard InChI is InChI=1S/C18H26N2O/c19-17-13-20(12-16(17)15-9-5-2-6-10-15)18(21)11-14-7-3-1-4-8-14/h2,5-6,9-10,14,16-17H,1,3-4,7-8,11-13,19H2/t16-,17+/m0/s1. The van der Waals surface area contributed by atoms with Gasteiger partial charge in [0.15, 0.2) is 0 Å². The van der Waals surface area contributed by atoms with Crippen LogP contribution >= 0.6 is 0 Å². The molecule has 21 heavy (non-hydrogen) atoms. The molecule has 2 N–H and O–H groups in total. The Morgan fingerprint density at radius 3 is 2.52 bits per heavy atom. The molecule has 1 amide bonds. The van der Waals surface area contributed by atoms with Crippen molar-refractivity contribution < 1.29 is 4.79 Å². The van der Waals surface area contributed by atoms with Gasteiger partial charge in [-0.2, -0.15) is 0 Å². The van der Waals surface area contributed by atoms with Crippen LogP contribution in [0.15, 0.2) is 30.3 Å². The Bertz CT molecular complexity index is 467. The number of hydrogen-bond donors (Lipinski definition) is 1. The lowest BCUT2D eigenvalue weighted by atomic mass is 9.87. The summed E-state index contributed by atoms with van der Waals surface area (Å²) in [5.41, 5.74) is 7.54. The molecule has 1 aromatic rings. The molecule has 0 bridgehead atoms. The first-order valence-electron chi connectivity index (χ1n) is 8.32. The van der Waals surface area contributed by atoms with Gasteiger partial charge in [-0.05, 0) is 24.3 Å². The van der Waals surface area contributed by atoms with Gasteiger partial charge >= 0.3 is 0 Å². The summed E-state index contributed by atoms with van der Waals surface area (Å²) in [6.07, 6.45) is 7.12. The highest BCUT2D eigenvalue weighted by atomic mass is 16.2. The third-order valence-corrected chi connectivity index (χ3v) is 5.13. The van der Waals surface area contributed by atoms with Crippen molar-refractivity contribution in [1.29, 1.82) is 0 Å². The lowest BCUT2D eigenvalue weighted by Gasteiger charge is -2.24. The number of carbonyl (C=O) groups excluding carboxylic acids is 1. The normalized spacial score (nSPS) is 27.0. The van der Waals surface area contributed by atoms with E-state index in [1.54, 1.807) is 0 Å². The maximum atomic E-state index is 12.5. The summed E-state index contributed by atoms with van der Waals surface area (Å²) in [4.78, 5) is 14.5. The molecule has 0 spiro atoms. The molecule has 2 aliphatic rings. The predicted octanol–water partition coefficient (Wildman–Crippen LogP) is 2.91. The molecule has 1 heterocycles. The molecule has 1 aliphatic heterocycles. The minimum absolute atomic E-state index is 0.0719. The van der Waals surface area contributed by atoms with Crippen LogP contribution in [0, 0.1) is 5.92 Å². The van der Waals surface area contributed by atoms with Crippen molar-refractivity contribution >= 4 is 5.91 Å². The number of rotatable bonds is 3. The van der Waals surface area contributed by atoms with Crippen LogP contribution < -0.4 is 5.73 Å². The zero-order valence-electron chi connectivity index (χ0n) is 12.7. The Morgan fingerprint density at radius 2 is 1.81 bits per heavy atom. The Balaban J connectivity index is 1.58. The zero-order valence-corrected chi connectivity index (χ0v) is 12.7. The maximum absolute atomic E-state index is 12.5. The SMILES string of the molecule is N[C@@H]1CN(C(=O)CC2CCCCC2)C[C@H]1c1ccccc1. The first-order chi connectivity index (χ1) is 10.2. The summed E-state index contributed by atoms with van der Waals surface area (Å²) in [7, 11) is 0. The maximum Gasteiger partial charge on any atom is 0.222 e. The van der Waals surface area contributed by atoms with E-state index in [0.29, 0.717) is 24.3 Å². The largest absolute Gasteiger partial charge is 0.340 e. The van der Waals surface area contributed by atoms with Crippen molar-refractivity contribution in [2.24, 2.45) is 11.7 Å². The second-order valence-corrected chi connectivity index (χ2v) is 6.69. The third-order valence-electron chi connectivity index (χ3n) is 5.13. The van der Waals surface area contributed by atoms with E-state index in [0.717, 1.165) is 13.0 Å². The number of nitrogens with zero attached hydrogens (tertiary/aromatic N) is 1. The van der Waals surface area contributed by atoms with Gasteiger partial charge in [0, 0.05) is 31.5 Å². The predicted molar refractivity (Wildman–Crippen MR) is 84.9 cm³/mol. The number of amides is 1. The van der Waals surface area contributed by atoms with Gasteiger partial charge in [-0.15, -0.1) is 0 Å². The fourth-order valence-corrected chi connectivity index (χ4v) is 3.85. The van der Waals surface area contributed by atoms with Gasteiger partial charge < -0.3 is 10.6 Å². The van der Waals surface area contributed by atoms with Crippen LogP contribution in [0.2, 0.25) is 0 Å². The molecule has 3 heteroatoms. The van der Waals surface area contributed by atoms with Crippen molar-refractivity contribution in [3.05, 3.63) is 35.9 Å². The Kier molecular flexibility index (Phi) is 4.59. The first-order valence-corrected chi connectivity index (χ1v) is 8.32. The monoisotopic (exact) mass is 286 g/mol. The highest BCUT2D eigenvalue weighted by Crippen LogP contribution is 2.30. The topological polar surface area (TPSA) is 46.3 Å². The van der Waals surface area contributed by atoms with Crippen LogP contribution in [0.1, 0.15) is 50.0 Å². The highest BCUT2D eigenvalue weighted by molar-refractivity contribution is 5.77. The first kappa shape index (κ1) is 14.6. The fraction of sp³-hybridized carbons (Fsp3) is 0.611. The molecular formula is C18H26N2O. The molecule has 0 unspecified atom stereocenters. The number of benzene rings is 1. The molecule has 1 saturated carbocycles. The van der Waals surface area contributed by atoms with Crippen molar-refractivity contribution in [1.82, 2.24) is 4.90 Å². The molecule has 1 saturated heterocycles. The lowest BCUT2D eigenvalue weighted by Crippen LogP contribution is -2.33. The van der Waals surface area contributed by atoms with Crippen molar-refractivity contribution in [2.45, 2.75) is 50.5 Å². The second kappa shape index (κ2) is 6.61. The molecule has 1 aromatic carbocycles. The van der Waals surface area contributed by atoms with E-state index in [4.69, 9.17) is 5.73 Å². The molecular weight excluding hydrogens is 260 g/mol. The van der Waals surface area contributed by atoms with E-state index >= 15 is 0 Å². The van der Waals surface area contributed by atoms with Crippen LogP contribution in [0.3, 0.4) is 0 Å². The van der Waals surface area contributed by atoms with Crippen molar-refractivity contribution in [2.75, 3.05) is 13.1 Å². The highest BCUT2D eigenvalue weighted by Gasteiger charge is 2.34. The second-order valence-electron chi connectivity index (χ2n) is 6.69. The molecule has 3 rings (SSSR count). The van der Waals surface area contributed by atoms with Crippen LogP contribution in [-0.2, 0) is 4.79 Å². The number of carbonyl (C=O) groups is 1. The number of nitrogens with two attached hydrogens (primary N) is 1. The molecule has 0 radical (unpaired) electrons. The molecule has 0 aromatic heterocycles. The van der Waals surface area contributed by atoms with Gasteiger partial charge in [-0.3, -0.25) is 4.79 Å². The summed E-state index contributed by atoms with van der Waals surface area (Å²) in [5.74, 6) is 1.22. The minimum Gasteiger partial charge on any atom is -0.340 e. The lowest BCUT2D eigenvalue weighted by molar-refractivity contribution is -0.131. The molecule has 3 nitrogen and oxygen atoms in total. The molecule has 1 aliphatic carbocycles. The Labute approximate surface area is 127 Å². The van der Waals surface area contributed by atoms with Gasteiger partial charge in [-0.25, -0.2) is 0 Å². The summed E-state index contributed by atoms with van der Waals surface area (Å²) in [6, 6.07) is 10.4. The molecule has 2 fully saturated rings. The summed E-state index contributed by atoms with van der Waals surface area (Å²) in [5, 5.41) is 0. The fourth-order valence-electron chi connectivity index (χ4n) is 3.85. The van der Waals surface area contributed by atoms with Crippen LogP contribution in [0.4, 0.5) is 0 Å². The Hall–Kier alpha value is -1.35. The minimum atomic E-state index is 0.0719. The summed E-state index contributed by atoms with van der Waals surface area (Å²) < 4.78 is 0. The average Bonchev–Trinajstić information content (AvgIpc) is 2.91. The van der Waals surface area contributed by atoms with Gasteiger partial charge in [-0.1, -0.05) is 49.6 Å². The summed E-state index contributed by atoms with van der Waals surface area (Å²) >= 11 is 0. The molecule has 2 atom stereocenters. The van der Waals surface area contributed by atoms with E-state index in [9.17, 15) is 4.79 Å². The molecule has 114 valence electrons. The van der Waals surface area contributed by atoms with Crippen LogP contribution in [0.25, 0.3) is 0 Å². The van der Waals surface area contributed by atoms with E-state index in [1.165, 1.54) is 37.7 Å². The van der Waals surface area contributed by atoms with Crippen LogP contribution in [0.5, 0.6) is 0 Å². The van der Waals surface area contributed by atoms with Crippen molar-refractivity contribution in [3.8, 4) is 0 Å². The van der Waals surface area contributed by atoms with Gasteiger partial charge in [0.2, 0.25) is 5.91 Å². The Morgan fingerprint density at radius 1 is 1.10 bits per heavy atom. The van der Waals surface area contributed by atoms with E-state index in [-0.39, 0.29) is 6.04 Å². The quantitative estimate of drug-likeness (QED) is 0.928. The van der Waals surface area contributed by atoms with E-state index in [1.807, 2.05) is 11.0 Å². The van der Waals surface area contributed by atoms with E-state index < -0.39 is 0 Å². The van der Waals surface area contributed by atoms with Gasteiger partial charge in [0.05, 0.1) is 0 Å². The summed E-state index contributed by atoms with van der Waals surface area (Å²) in [6.45, 7) is 1.50. The number of hydrogen-bond acceptors (Lipinski definition) is 2. The third kappa shape index (κ3) is 3.46. The van der Waals surface area contributed by atoms with Crippen LogP contribution in [-0.4, -0.2) is 29.9 Å². The van der Waals surface area contributed by atoms with E-state index in [2.05, 4.69) is 24.3 Å². The zero-order chi connectivity index (χ0) is 14.7. The van der Waals surface area contributed by atoms with Gasteiger partial charge in [0.1, 0.15) is 0 Å². The van der Waals surface area contributed by atoms with Crippen molar-refractivity contribution in [3.63, 3.8) is 0 Å². The average molecular weight is 286 g/mol. The smallest absolute Gasteiger partial charge is 0.222 e. The van der Waals surface area contributed by atoms with Gasteiger partial charge in [0.25, 0.3) is 0 Å². The number of likely N-dealkylation sites (tertiary alicyclic amines) is 1.